The number of amides is 1. The molecule has 2 saturated heterocycles. The summed E-state index contributed by atoms with van der Waals surface area (Å²) < 4.78 is 22.9. The fourth-order valence-electron chi connectivity index (χ4n) is 3.06. The standard InChI is InChI=1S/C14H20N4O3S/c19-13(17-12-4-8-22(20,21)10-12)11-3-1-7-18(9-11)14-15-5-2-6-16-14/h2,5-6,11-12H,1,3-4,7-10H2,(H,17,19)/t11-,12+/m0/s1. The van der Waals surface area contributed by atoms with Gasteiger partial charge in [0.25, 0.3) is 0 Å². The molecule has 0 bridgehead atoms. The van der Waals surface area contributed by atoms with Gasteiger partial charge < -0.3 is 10.2 Å². The van der Waals surface area contributed by atoms with E-state index in [-0.39, 0.29) is 29.4 Å². The Labute approximate surface area is 130 Å². The van der Waals surface area contributed by atoms with Crippen LogP contribution in [0.5, 0.6) is 0 Å². The lowest BCUT2D eigenvalue weighted by molar-refractivity contribution is -0.125. The predicted octanol–water partition coefficient (Wildman–Crippen LogP) is -0.00370. The van der Waals surface area contributed by atoms with Crippen LogP contribution >= 0.6 is 0 Å². The van der Waals surface area contributed by atoms with Crippen molar-refractivity contribution in [3.8, 4) is 0 Å². The monoisotopic (exact) mass is 324 g/mol. The van der Waals surface area contributed by atoms with Gasteiger partial charge in [0.2, 0.25) is 11.9 Å². The van der Waals surface area contributed by atoms with Crippen LogP contribution in [0.15, 0.2) is 18.5 Å². The molecule has 2 atom stereocenters. The minimum absolute atomic E-state index is 0.0530. The fourth-order valence-corrected chi connectivity index (χ4v) is 4.73. The first-order chi connectivity index (χ1) is 10.5. The fraction of sp³-hybridized carbons (Fsp3) is 0.643. The number of aromatic nitrogens is 2. The molecule has 0 spiro atoms. The summed E-state index contributed by atoms with van der Waals surface area (Å²) in [5.41, 5.74) is 0. The van der Waals surface area contributed by atoms with Gasteiger partial charge in [-0.1, -0.05) is 0 Å². The SMILES string of the molecule is O=C(N[C@@H]1CCS(=O)(=O)C1)[C@H]1CCCN(c2ncccn2)C1. The number of anilines is 1. The molecule has 1 aromatic heterocycles. The molecule has 0 aromatic carbocycles. The number of carbonyl (C=O) groups is 1. The molecule has 2 fully saturated rings. The van der Waals surface area contributed by atoms with Crippen molar-refractivity contribution in [2.75, 3.05) is 29.5 Å². The van der Waals surface area contributed by atoms with Gasteiger partial charge >= 0.3 is 0 Å². The van der Waals surface area contributed by atoms with E-state index in [0.717, 1.165) is 19.4 Å². The first-order valence-electron chi connectivity index (χ1n) is 7.56. The molecule has 1 N–H and O–H groups in total. The highest BCUT2D eigenvalue weighted by atomic mass is 32.2. The van der Waals surface area contributed by atoms with Crippen molar-refractivity contribution >= 4 is 21.7 Å². The van der Waals surface area contributed by atoms with Gasteiger partial charge in [0.1, 0.15) is 0 Å². The average molecular weight is 324 g/mol. The molecule has 0 aliphatic carbocycles. The largest absolute Gasteiger partial charge is 0.352 e. The maximum atomic E-state index is 12.4. The van der Waals surface area contributed by atoms with Crippen LogP contribution in [0.25, 0.3) is 0 Å². The van der Waals surface area contributed by atoms with Crippen LogP contribution in [0.4, 0.5) is 5.95 Å². The second-order valence-electron chi connectivity index (χ2n) is 5.94. The van der Waals surface area contributed by atoms with E-state index in [1.54, 1.807) is 18.5 Å². The minimum Gasteiger partial charge on any atom is -0.352 e. The third kappa shape index (κ3) is 3.55. The zero-order valence-electron chi connectivity index (χ0n) is 12.3. The summed E-state index contributed by atoms with van der Waals surface area (Å²) >= 11 is 0. The lowest BCUT2D eigenvalue weighted by Crippen LogP contribution is -2.46. The molecular weight excluding hydrogens is 304 g/mol. The smallest absolute Gasteiger partial charge is 0.225 e. The lowest BCUT2D eigenvalue weighted by atomic mass is 9.97. The van der Waals surface area contributed by atoms with E-state index < -0.39 is 9.84 Å². The predicted molar refractivity (Wildman–Crippen MR) is 82.2 cm³/mol. The van der Waals surface area contributed by atoms with Crippen molar-refractivity contribution in [1.29, 1.82) is 0 Å². The Kier molecular flexibility index (Phi) is 4.28. The first kappa shape index (κ1) is 15.2. The molecule has 0 unspecified atom stereocenters. The summed E-state index contributed by atoms with van der Waals surface area (Å²) in [4.78, 5) is 22.8. The summed E-state index contributed by atoms with van der Waals surface area (Å²) in [5.74, 6) is 0.691. The molecule has 2 aliphatic heterocycles. The third-order valence-corrected chi connectivity index (χ3v) is 5.97. The number of nitrogens with one attached hydrogen (secondary N) is 1. The Hall–Kier alpha value is -1.70. The molecule has 0 radical (unpaired) electrons. The van der Waals surface area contributed by atoms with E-state index in [0.29, 0.717) is 18.9 Å². The van der Waals surface area contributed by atoms with Crippen LogP contribution in [0.1, 0.15) is 19.3 Å². The van der Waals surface area contributed by atoms with E-state index in [2.05, 4.69) is 15.3 Å². The zero-order valence-corrected chi connectivity index (χ0v) is 13.1. The van der Waals surface area contributed by atoms with Crippen molar-refractivity contribution in [3.63, 3.8) is 0 Å². The second kappa shape index (κ2) is 6.20. The van der Waals surface area contributed by atoms with Crippen LogP contribution in [-0.2, 0) is 14.6 Å². The highest BCUT2D eigenvalue weighted by Gasteiger charge is 2.32. The third-order valence-electron chi connectivity index (χ3n) is 4.21. The Morgan fingerprint density at radius 2 is 2.05 bits per heavy atom. The van der Waals surface area contributed by atoms with Gasteiger partial charge in [-0.05, 0) is 25.3 Å². The van der Waals surface area contributed by atoms with Gasteiger partial charge in [-0.15, -0.1) is 0 Å². The number of nitrogens with zero attached hydrogens (tertiary/aromatic N) is 3. The summed E-state index contributed by atoms with van der Waals surface area (Å²) in [6, 6.07) is 1.53. The molecule has 3 rings (SSSR count). The van der Waals surface area contributed by atoms with E-state index in [9.17, 15) is 13.2 Å². The number of hydrogen-bond acceptors (Lipinski definition) is 6. The Morgan fingerprint density at radius 1 is 1.27 bits per heavy atom. The summed E-state index contributed by atoms with van der Waals surface area (Å²) in [6.45, 7) is 1.42. The van der Waals surface area contributed by atoms with Gasteiger partial charge in [0.15, 0.2) is 9.84 Å². The second-order valence-corrected chi connectivity index (χ2v) is 8.17. The number of piperidine rings is 1. The Balaban J connectivity index is 1.59. The Bertz CT molecular complexity index is 635. The van der Waals surface area contributed by atoms with E-state index in [1.165, 1.54) is 0 Å². The van der Waals surface area contributed by atoms with Crippen LogP contribution in [0.2, 0.25) is 0 Å². The topological polar surface area (TPSA) is 92.3 Å². The molecule has 22 heavy (non-hydrogen) atoms. The normalized spacial score (nSPS) is 27.5. The van der Waals surface area contributed by atoms with E-state index in [4.69, 9.17) is 0 Å². The van der Waals surface area contributed by atoms with E-state index >= 15 is 0 Å². The van der Waals surface area contributed by atoms with Gasteiger partial charge in [0, 0.05) is 31.5 Å². The van der Waals surface area contributed by atoms with Crippen LogP contribution in [-0.4, -0.2) is 54.9 Å². The molecule has 0 saturated carbocycles. The molecule has 8 heteroatoms. The maximum Gasteiger partial charge on any atom is 0.225 e. The van der Waals surface area contributed by atoms with Crippen molar-refractivity contribution in [2.45, 2.75) is 25.3 Å². The molecule has 1 amide bonds. The number of carbonyl (C=O) groups excluding carboxylic acids is 1. The summed E-state index contributed by atoms with van der Waals surface area (Å²) in [5, 5.41) is 2.89. The van der Waals surface area contributed by atoms with Crippen molar-refractivity contribution in [2.24, 2.45) is 5.92 Å². The van der Waals surface area contributed by atoms with Crippen LogP contribution < -0.4 is 10.2 Å². The molecule has 7 nitrogen and oxygen atoms in total. The summed E-state index contributed by atoms with van der Waals surface area (Å²) in [6.07, 6.45) is 5.62. The van der Waals surface area contributed by atoms with Crippen molar-refractivity contribution in [3.05, 3.63) is 18.5 Å². The summed E-state index contributed by atoms with van der Waals surface area (Å²) in [7, 11) is -2.97. The lowest BCUT2D eigenvalue weighted by Gasteiger charge is -2.32. The number of hydrogen-bond donors (Lipinski definition) is 1. The molecular formula is C14H20N4O3S. The van der Waals surface area contributed by atoms with Gasteiger partial charge in [-0.3, -0.25) is 4.79 Å². The quantitative estimate of drug-likeness (QED) is 0.841. The number of sulfone groups is 1. The minimum atomic E-state index is -2.97. The zero-order chi connectivity index (χ0) is 15.6. The Morgan fingerprint density at radius 3 is 2.73 bits per heavy atom. The van der Waals surface area contributed by atoms with Crippen LogP contribution in [0, 0.1) is 5.92 Å². The maximum absolute atomic E-state index is 12.4. The molecule has 1 aromatic rings. The van der Waals surface area contributed by atoms with Crippen molar-refractivity contribution in [1.82, 2.24) is 15.3 Å². The highest BCUT2D eigenvalue weighted by Crippen LogP contribution is 2.21. The molecule has 120 valence electrons. The van der Waals surface area contributed by atoms with Gasteiger partial charge in [-0.2, -0.15) is 0 Å². The van der Waals surface area contributed by atoms with E-state index in [1.807, 2.05) is 4.90 Å². The average Bonchev–Trinajstić information content (AvgIpc) is 2.87. The van der Waals surface area contributed by atoms with Gasteiger partial charge in [0.05, 0.1) is 17.4 Å². The molecule has 3 heterocycles. The van der Waals surface area contributed by atoms with Crippen LogP contribution in [0.3, 0.4) is 0 Å². The first-order valence-corrected chi connectivity index (χ1v) is 9.38. The molecule has 2 aliphatic rings. The van der Waals surface area contributed by atoms with Crippen molar-refractivity contribution < 1.29 is 13.2 Å². The van der Waals surface area contributed by atoms with Gasteiger partial charge in [-0.25, -0.2) is 18.4 Å². The number of rotatable bonds is 3. The highest BCUT2D eigenvalue weighted by molar-refractivity contribution is 7.91.